The number of imide groups is 1. The number of hydrogen-bond acceptors (Lipinski definition) is 3. The molecule has 146 valence electrons. The third-order valence-electron chi connectivity index (χ3n) is 5.07. The summed E-state index contributed by atoms with van der Waals surface area (Å²) in [6.45, 7) is 3.62. The Morgan fingerprint density at radius 1 is 0.931 bits per heavy atom. The Kier molecular flexibility index (Phi) is 4.84. The molecule has 0 saturated carbocycles. The lowest BCUT2D eigenvalue weighted by atomic mass is 9.91. The normalized spacial score (nSPS) is 14.4. The highest BCUT2D eigenvalue weighted by Gasteiger charge is 2.41. The summed E-state index contributed by atoms with van der Waals surface area (Å²) < 4.78 is 0. The van der Waals surface area contributed by atoms with Crippen LogP contribution >= 0.6 is 11.6 Å². The zero-order chi connectivity index (χ0) is 20.7. The number of amides is 3. The van der Waals surface area contributed by atoms with Gasteiger partial charge in [0.2, 0.25) is 5.91 Å². The van der Waals surface area contributed by atoms with Crippen LogP contribution in [0.1, 0.15) is 34.6 Å². The molecule has 1 unspecified atom stereocenters. The van der Waals surface area contributed by atoms with Gasteiger partial charge >= 0.3 is 0 Å². The minimum absolute atomic E-state index is 0.286. The van der Waals surface area contributed by atoms with Crippen LogP contribution in [0.2, 0.25) is 5.02 Å². The fraction of sp³-hybridized carbons (Fsp3) is 0.174. The van der Waals surface area contributed by atoms with Gasteiger partial charge in [0.15, 0.2) is 0 Å². The first kappa shape index (κ1) is 19.2. The van der Waals surface area contributed by atoms with Gasteiger partial charge in [0.25, 0.3) is 11.8 Å². The predicted octanol–water partition coefficient (Wildman–Crippen LogP) is 4.75. The second-order valence-electron chi connectivity index (χ2n) is 7.38. The lowest BCUT2D eigenvalue weighted by Gasteiger charge is -2.35. The summed E-state index contributed by atoms with van der Waals surface area (Å²) in [6.07, 6.45) is 0. The largest absolute Gasteiger partial charge is 0.324 e. The van der Waals surface area contributed by atoms with Crippen LogP contribution in [0.15, 0.2) is 60.7 Å². The Balaban J connectivity index is 1.76. The molecule has 4 rings (SSSR count). The van der Waals surface area contributed by atoms with Gasteiger partial charge in [-0.25, -0.2) is 0 Å². The first-order valence-electron chi connectivity index (χ1n) is 9.34. The summed E-state index contributed by atoms with van der Waals surface area (Å²) in [5.41, 5.74) is 1.37. The molecule has 29 heavy (non-hydrogen) atoms. The van der Waals surface area contributed by atoms with E-state index >= 15 is 0 Å². The number of halogens is 1. The van der Waals surface area contributed by atoms with Crippen LogP contribution in [0.5, 0.6) is 0 Å². The third kappa shape index (κ3) is 3.28. The molecule has 1 aliphatic heterocycles. The fourth-order valence-corrected chi connectivity index (χ4v) is 3.99. The molecule has 0 radical (unpaired) electrons. The quantitative estimate of drug-likeness (QED) is 0.635. The van der Waals surface area contributed by atoms with E-state index in [1.54, 1.807) is 48.5 Å². The standard InChI is InChI=1S/C23H19ClN2O3/c1-13(2)20(21(27)25-16-9-5-8-15(24)12-16)26-22(28)17-10-3-6-14-7-4-11-18(19(14)17)23(26)29/h3-13,20H,1-2H3,(H,25,27). The van der Waals surface area contributed by atoms with Gasteiger partial charge in [0.05, 0.1) is 0 Å². The average molecular weight is 407 g/mol. The Morgan fingerprint density at radius 2 is 1.52 bits per heavy atom. The maximum atomic E-state index is 13.3. The van der Waals surface area contributed by atoms with Crippen LogP contribution in [0, 0.1) is 5.92 Å². The summed E-state index contributed by atoms with van der Waals surface area (Å²) in [6, 6.07) is 16.5. The van der Waals surface area contributed by atoms with Crippen molar-refractivity contribution in [2.75, 3.05) is 5.32 Å². The second kappa shape index (κ2) is 7.33. The number of rotatable bonds is 4. The van der Waals surface area contributed by atoms with Crippen molar-refractivity contribution >= 4 is 45.8 Å². The number of nitrogens with one attached hydrogen (secondary N) is 1. The highest BCUT2D eigenvalue weighted by Crippen LogP contribution is 2.32. The van der Waals surface area contributed by atoms with E-state index in [0.717, 1.165) is 10.3 Å². The molecular formula is C23H19ClN2O3. The monoisotopic (exact) mass is 406 g/mol. The molecule has 6 heteroatoms. The first-order chi connectivity index (χ1) is 13.9. The minimum Gasteiger partial charge on any atom is -0.324 e. The van der Waals surface area contributed by atoms with Gasteiger partial charge in [0, 0.05) is 27.2 Å². The average Bonchev–Trinajstić information content (AvgIpc) is 2.68. The highest BCUT2D eigenvalue weighted by atomic mass is 35.5. The molecule has 5 nitrogen and oxygen atoms in total. The number of benzene rings is 3. The van der Waals surface area contributed by atoms with Gasteiger partial charge in [0.1, 0.15) is 6.04 Å². The zero-order valence-electron chi connectivity index (χ0n) is 16.0. The smallest absolute Gasteiger partial charge is 0.262 e. The van der Waals surface area contributed by atoms with E-state index in [9.17, 15) is 14.4 Å². The topological polar surface area (TPSA) is 66.5 Å². The second-order valence-corrected chi connectivity index (χ2v) is 7.81. The van der Waals surface area contributed by atoms with Crippen LogP contribution in [0.4, 0.5) is 5.69 Å². The van der Waals surface area contributed by atoms with Crippen molar-refractivity contribution in [3.05, 3.63) is 76.8 Å². The van der Waals surface area contributed by atoms with Crippen LogP contribution in [-0.2, 0) is 4.79 Å². The molecular weight excluding hydrogens is 388 g/mol. The number of anilines is 1. The molecule has 3 aromatic rings. The molecule has 0 spiro atoms. The van der Waals surface area contributed by atoms with E-state index in [1.165, 1.54) is 0 Å². The van der Waals surface area contributed by atoms with Gasteiger partial charge in [-0.05, 0) is 41.6 Å². The molecule has 0 aromatic heterocycles. The van der Waals surface area contributed by atoms with Gasteiger partial charge in [-0.15, -0.1) is 0 Å². The maximum Gasteiger partial charge on any atom is 0.262 e. The molecule has 0 fully saturated rings. The van der Waals surface area contributed by atoms with Crippen LogP contribution in [-0.4, -0.2) is 28.7 Å². The molecule has 1 atom stereocenters. The molecule has 0 saturated heterocycles. The Bertz CT molecular complexity index is 1110. The Hall–Kier alpha value is -3.18. The Morgan fingerprint density at radius 3 is 2.07 bits per heavy atom. The predicted molar refractivity (Wildman–Crippen MR) is 113 cm³/mol. The van der Waals surface area contributed by atoms with Crippen molar-refractivity contribution in [3.63, 3.8) is 0 Å². The zero-order valence-corrected chi connectivity index (χ0v) is 16.7. The van der Waals surface area contributed by atoms with E-state index in [0.29, 0.717) is 27.2 Å². The van der Waals surface area contributed by atoms with E-state index in [4.69, 9.17) is 11.6 Å². The van der Waals surface area contributed by atoms with Crippen molar-refractivity contribution in [2.24, 2.45) is 5.92 Å². The molecule has 1 N–H and O–H groups in total. The van der Waals surface area contributed by atoms with Gasteiger partial charge in [-0.3, -0.25) is 19.3 Å². The molecule has 1 heterocycles. The SMILES string of the molecule is CC(C)C(C(=O)Nc1cccc(Cl)c1)N1C(=O)c2cccc3cccc(c23)C1=O. The van der Waals surface area contributed by atoms with Crippen LogP contribution < -0.4 is 5.32 Å². The van der Waals surface area contributed by atoms with E-state index < -0.39 is 23.8 Å². The molecule has 1 aliphatic rings. The third-order valence-corrected chi connectivity index (χ3v) is 5.31. The highest BCUT2D eigenvalue weighted by molar-refractivity contribution is 6.31. The first-order valence-corrected chi connectivity index (χ1v) is 9.72. The van der Waals surface area contributed by atoms with E-state index in [1.807, 2.05) is 26.0 Å². The minimum atomic E-state index is -0.961. The summed E-state index contributed by atoms with van der Waals surface area (Å²) in [5.74, 6) is -1.64. The van der Waals surface area contributed by atoms with Gasteiger partial charge in [-0.1, -0.05) is 55.8 Å². The van der Waals surface area contributed by atoms with E-state index in [2.05, 4.69) is 5.32 Å². The number of hydrogen-bond donors (Lipinski definition) is 1. The summed E-state index contributed by atoms with van der Waals surface area (Å²) in [7, 11) is 0. The van der Waals surface area contributed by atoms with Gasteiger partial charge < -0.3 is 5.32 Å². The fourth-order valence-electron chi connectivity index (χ4n) is 3.80. The van der Waals surface area contributed by atoms with E-state index in [-0.39, 0.29) is 5.92 Å². The van der Waals surface area contributed by atoms with Gasteiger partial charge in [-0.2, -0.15) is 0 Å². The lowest BCUT2D eigenvalue weighted by molar-refractivity contribution is -0.121. The summed E-state index contributed by atoms with van der Waals surface area (Å²) >= 11 is 6.00. The number of carbonyl (C=O) groups excluding carboxylic acids is 3. The van der Waals surface area contributed by atoms with Crippen LogP contribution in [0.25, 0.3) is 10.8 Å². The molecule has 0 bridgehead atoms. The van der Waals surface area contributed by atoms with Crippen molar-refractivity contribution in [3.8, 4) is 0 Å². The molecule has 3 aromatic carbocycles. The Labute approximate surface area is 173 Å². The number of nitrogens with zero attached hydrogens (tertiary/aromatic N) is 1. The maximum absolute atomic E-state index is 13.3. The van der Waals surface area contributed by atoms with Crippen LogP contribution in [0.3, 0.4) is 0 Å². The number of carbonyl (C=O) groups is 3. The molecule has 3 amide bonds. The van der Waals surface area contributed by atoms with Crippen molar-refractivity contribution < 1.29 is 14.4 Å². The van der Waals surface area contributed by atoms with Crippen molar-refractivity contribution in [2.45, 2.75) is 19.9 Å². The lowest BCUT2D eigenvalue weighted by Crippen LogP contribution is -2.54. The molecule has 0 aliphatic carbocycles. The summed E-state index contributed by atoms with van der Waals surface area (Å²) in [4.78, 5) is 40.7. The van der Waals surface area contributed by atoms with Crippen molar-refractivity contribution in [1.82, 2.24) is 4.90 Å². The summed E-state index contributed by atoms with van der Waals surface area (Å²) in [5, 5.41) is 4.73. The van der Waals surface area contributed by atoms with Crippen molar-refractivity contribution in [1.29, 1.82) is 0 Å².